The zero-order valence-electron chi connectivity index (χ0n) is 8.34. The zero-order chi connectivity index (χ0) is 10.9. The molecule has 0 bridgehead atoms. The molecule has 0 amide bonds. The molecule has 15 heavy (non-hydrogen) atoms. The van der Waals surface area contributed by atoms with Crippen LogP contribution in [0.1, 0.15) is 0 Å². The highest BCUT2D eigenvalue weighted by Crippen LogP contribution is 2.14. The zero-order valence-corrected chi connectivity index (χ0v) is 9.16. The Morgan fingerprint density at radius 1 is 1.27 bits per heavy atom. The second-order valence-corrected chi connectivity index (χ2v) is 5.25. The third-order valence-corrected chi connectivity index (χ3v) is 2.83. The molecule has 0 fully saturated rings. The minimum atomic E-state index is -3.14. The molecule has 0 atom stereocenters. The van der Waals surface area contributed by atoms with Gasteiger partial charge in [0.25, 0.3) is 0 Å². The first-order valence-electron chi connectivity index (χ1n) is 4.55. The van der Waals surface area contributed by atoms with Crippen molar-refractivity contribution in [2.45, 2.75) is 6.67 Å². The highest BCUT2D eigenvalue weighted by Gasteiger charge is 2.02. The maximum Gasteiger partial charge on any atom is 0.210 e. The fourth-order valence-electron chi connectivity index (χ4n) is 1.47. The van der Waals surface area contributed by atoms with Gasteiger partial charge >= 0.3 is 0 Å². The van der Waals surface area contributed by atoms with Gasteiger partial charge in [-0.2, -0.15) is 4.72 Å². The molecule has 2 aromatic rings. The topological polar surface area (TPSA) is 51.1 Å². The quantitative estimate of drug-likeness (QED) is 0.850. The molecule has 0 saturated carbocycles. The Morgan fingerprint density at radius 3 is 2.73 bits per heavy atom. The van der Waals surface area contributed by atoms with Gasteiger partial charge in [-0.25, -0.2) is 8.42 Å². The summed E-state index contributed by atoms with van der Waals surface area (Å²) in [6.45, 7) is 0.270. The number of rotatable bonds is 3. The van der Waals surface area contributed by atoms with E-state index in [-0.39, 0.29) is 6.67 Å². The van der Waals surface area contributed by atoms with Crippen LogP contribution in [0, 0.1) is 0 Å². The molecular formula is C10H12N2O2S. The lowest BCUT2D eigenvalue weighted by Crippen LogP contribution is -2.24. The lowest BCUT2D eigenvalue weighted by Gasteiger charge is -2.05. The van der Waals surface area contributed by atoms with Crippen LogP contribution in [0.4, 0.5) is 0 Å². The Kier molecular flexibility index (Phi) is 2.50. The van der Waals surface area contributed by atoms with E-state index in [4.69, 9.17) is 0 Å². The molecule has 1 aromatic heterocycles. The van der Waals surface area contributed by atoms with Crippen molar-refractivity contribution < 1.29 is 8.42 Å². The average Bonchev–Trinajstić information content (AvgIpc) is 2.57. The van der Waals surface area contributed by atoms with Crippen LogP contribution in [0.2, 0.25) is 0 Å². The first-order valence-corrected chi connectivity index (χ1v) is 6.44. The molecule has 0 aliphatic heterocycles. The Morgan fingerprint density at radius 2 is 2.00 bits per heavy atom. The van der Waals surface area contributed by atoms with Crippen LogP contribution in [-0.4, -0.2) is 19.2 Å². The van der Waals surface area contributed by atoms with E-state index in [0.717, 1.165) is 17.2 Å². The molecule has 0 saturated heterocycles. The van der Waals surface area contributed by atoms with Crippen molar-refractivity contribution in [2.75, 3.05) is 6.26 Å². The molecule has 1 aromatic carbocycles. The lowest BCUT2D eigenvalue weighted by molar-refractivity contribution is 0.572. The Balaban J connectivity index is 2.29. The summed E-state index contributed by atoms with van der Waals surface area (Å²) < 4.78 is 26.2. The van der Waals surface area contributed by atoms with Gasteiger partial charge in [0.15, 0.2) is 0 Å². The molecule has 0 unspecified atom stereocenters. The highest BCUT2D eigenvalue weighted by atomic mass is 32.2. The van der Waals surface area contributed by atoms with Crippen LogP contribution in [0.15, 0.2) is 36.5 Å². The summed E-state index contributed by atoms with van der Waals surface area (Å²) in [7, 11) is -3.14. The number of hydrogen-bond acceptors (Lipinski definition) is 2. The van der Waals surface area contributed by atoms with Crippen molar-refractivity contribution in [1.82, 2.24) is 9.29 Å². The third-order valence-electron chi connectivity index (χ3n) is 2.18. The standard InChI is InChI=1S/C10H12N2O2S/c1-15(13,14)11-8-12-7-6-9-4-2-3-5-10(9)12/h2-7,11H,8H2,1H3. The average molecular weight is 224 g/mol. The van der Waals surface area contributed by atoms with Crippen LogP contribution in [0.5, 0.6) is 0 Å². The van der Waals surface area contributed by atoms with Crippen LogP contribution in [-0.2, 0) is 16.7 Å². The summed E-state index contributed by atoms with van der Waals surface area (Å²) >= 11 is 0. The minimum Gasteiger partial charge on any atom is -0.333 e. The predicted molar refractivity (Wildman–Crippen MR) is 59.9 cm³/mol. The number of nitrogens with zero attached hydrogens (tertiary/aromatic N) is 1. The molecule has 5 heteroatoms. The number of benzene rings is 1. The molecule has 0 radical (unpaired) electrons. The molecular weight excluding hydrogens is 212 g/mol. The maximum atomic E-state index is 10.9. The van der Waals surface area contributed by atoms with E-state index in [1.54, 1.807) is 0 Å². The Labute approximate surface area is 88.6 Å². The van der Waals surface area contributed by atoms with Gasteiger partial charge in [-0.05, 0) is 17.5 Å². The monoisotopic (exact) mass is 224 g/mol. The second kappa shape index (κ2) is 3.67. The van der Waals surface area contributed by atoms with Gasteiger partial charge in [0.05, 0.1) is 12.9 Å². The second-order valence-electron chi connectivity index (χ2n) is 3.42. The molecule has 0 aliphatic rings. The van der Waals surface area contributed by atoms with Gasteiger partial charge in [-0.15, -0.1) is 0 Å². The summed E-state index contributed by atoms with van der Waals surface area (Å²) in [5.41, 5.74) is 1.02. The summed E-state index contributed by atoms with van der Waals surface area (Å²) in [4.78, 5) is 0. The lowest BCUT2D eigenvalue weighted by atomic mass is 10.2. The fraction of sp³-hybridized carbons (Fsp3) is 0.200. The molecule has 80 valence electrons. The van der Waals surface area contributed by atoms with E-state index in [0.29, 0.717) is 0 Å². The number of aromatic nitrogens is 1. The number of nitrogens with one attached hydrogen (secondary N) is 1. The van der Waals surface area contributed by atoms with Gasteiger partial charge in [0.2, 0.25) is 10.0 Å². The van der Waals surface area contributed by atoms with Gasteiger partial charge in [0, 0.05) is 11.7 Å². The number of hydrogen-bond donors (Lipinski definition) is 1. The van der Waals surface area contributed by atoms with E-state index < -0.39 is 10.0 Å². The Bertz CT molecular complexity index is 572. The number of para-hydroxylation sites is 1. The van der Waals surface area contributed by atoms with E-state index in [9.17, 15) is 8.42 Å². The summed E-state index contributed by atoms with van der Waals surface area (Å²) in [5.74, 6) is 0. The van der Waals surface area contributed by atoms with Gasteiger partial charge < -0.3 is 4.57 Å². The predicted octanol–water partition coefficient (Wildman–Crippen LogP) is 1.15. The first kappa shape index (κ1) is 10.2. The maximum absolute atomic E-state index is 10.9. The molecule has 1 heterocycles. The molecule has 0 aliphatic carbocycles. The third kappa shape index (κ3) is 2.37. The van der Waals surface area contributed by atoms with E-state index in [1.165, 1.54) is 0 Å². The molecule has 4 nitrogen and oxygen atoms in total. The summed E-state index contributed by atoms with van der Waals surface area (Å²) in [6.07, 6.45) is 3.02. The van der Waals surface area contributed by atoms with Crippen molar-refractivity contribution in [3.8, 4) is 0 Å². The largest absolute Gasteiger partial charge is 0.333 e. The fourth-order valence-corrected chi connectivity index (χ4v) is 1.84. The minimum absolute atomic E-state index is 0.270. The van der Waals surface area contributed by atoms with Crippen molar-refractivity contribution >= 4 is 20.9 Å². The van der Waals surface area contributed by atoms with E-state index in [1.807, 2.05) is 41.1 Å². The van der Waals surface area contributed by atoms with Crippen LogP contribution in [0.25, 0.3) is 10.9 Å². The van der Waals surface area contributed by atoms with Gasteiger partial charge in [-0.1, -0.05) is 18.2 Å². The van der Waals surface area contributed by atoms with Crippen LogP contribution < -0.4 is 4.72 Å². The van der Waals surface area contributed by atoms with E-state index >= 15 is 0 Å². The van der Waals surface area contributed by atoms with Crippen LogP contribution >= 0.6 is 0 Å². The normalized spacial score (nSPS) is 12.1. The smallest absolute Gasteiger partial charge is 0.210 e. The summed E-state index contributed by atoms with van der Waals surface area (Å²) in [6, 6.07) is 9.79. The highest BCUT2D eigenvalue weighted by molar-refractivity contribution is 7.88. The Hall–Kier alpha value is -1.33. The van der Waals surface area contributed by atoms with Crippen molar-refractivity contribution in [3.05, 3.63) is 36.5 Å². The van der Waals surface area contributed by atoms with Crippen molar-refractivity contribution in [1.29, 1.82) is 0 Å². The molecule has 2 rings (SSSR count). The number of fused-ring (bicyclic) bond motifs is 1. The van der Waals surface area contributed by atoms with Crippen LogP contribution in [0.3, 0.4) is 0 Å². The number of sulfonamides is 1. The van der Waals surface area contributed by atoms with E-state index in [2.05, 4.69) is 4.72 Å². The SMILES string of the molecule is CS(=O)(=O)NCn1ccc2ccccc21. The van der Waals surface area contributed by atoms with Crippen molar-refractivity contribution in [2.24, 2.45) is 0 Å². The van der Waals surface area contributed by atoms with Crippen molar-refractivity contribution in [3.63, 3.8) is 0 Å². The molecule has 1 N–H and O–H groups in total. The first-order chi connectivity index (χ1) is 7.06. The molecule has 0 spiro atoms. The van der Waals surface area contributed by atoms with Gasteiger partial charge in [0.1, 0.15) is 0 Å². The van der Waals surface area contributed by atoms with Gasteiger partial charge in [-0.3, -0.25) is 0 Å². The summed E-state index contributed by atoms with van der Waals surface area (Å²) in [5, 5.41) is 1.10.